The Bertz CT molecular complexity index is 1180. The van der Waals surface area contributed by atoms with Crippen LogP contribution in [0.2, 0.25) is 5.02 Å². The molecule has 1 N–H and O–H groups in total. The second-order valence-corrected chi connectivity index (χ2v) is 10.3. The normalized spacial score (nSPS) is 13.1. The maximum atomic E-state index is 12.7. The number of amides is 1. The van der Waals surface area contributed by atoms with Gasteiger partial charge in [0.1, 0.15) is 23.1 Å². The number of carbonyl (C=O) groups excluding carboxylic acids is 1. The maximum absolute atomic E-state index is 12.7. The molecule has 10 heteroatoms. The zero-order valence-corrected chi connectivity index (χ0v) is 18.8. The number of rotatable bonds is 8. The number of ether oxygens (including phenoxy) is 1. The van der Waals surface area contributed by atoms with Crippen molar-refractivity contribution < 1.29 is 17.9 Å². The zero-order chi connectivity index (χ0) is 21.8. The standard InChI is InChI=1S/C21H20ClN3O4S2/c22-16-5-7-17(8-6-16)29-13-20-24-18(14-30-20)21(26)23-10-12-31(27,28)25-11-9-15-3-1-2-4-19(15)25/h1-8,14H,9-13H2,(H,23,26). The van der Waals surface area contributed by atoms with Crippen molar-refractivity contribution in [1.29, 1.82) is 0 Å². The number of thiazole rings is 1. The van der Waals surface area contributed by atoms with Gasteiger partial charge < -0.3 is 10.1 Å². The molecule has 3 aromatic rings. The smallest absolute Gasteiger partial charge is 0.270 e. The zero-order valence-electron chi connectivity index (χ0n) is 16.5. The van der Waals surface area contributed by atoms with Crippen LogP contribution in [-0.4, -0.2) is 38.2 Å². The Morgan fingerprint density at radius 3 is 2.77 bits per heavy atom. The van der Waals surface area contributed by atoms with Crippen molar-refractivity contribution in [2.24, 2.45) is 0 Å². The first-order valence-electron chi connectivity index (χ1n) is 9.62. The third-order valence-corrected chi connectivity index (χ3v) is 7.63. The first-order valence-corrected chi connectivity index (χ1v) is 12.5. The average molecular weight is 478 g/mol. The Kier molecular flexibility index (Phi) is 6.45. The molecule has 0 radical (unpaired) electrons. The fraction of sp³-hybridized carbons (Fsp3) is 0.238. The average Bonchev–Trinajstić information content (AvgIpc) is 3.41. The topological polar surface area (TPSA) is 88.6 Å². The molecule has 0 unspecified atom stereocenters. The maximum Gasteiger partial charge on any atom is 0.270 e. The van der Waals surface area contributed by atoms with E-state index in [0.717, 1.165) is 11.3 Å². The molecule has 1 amide bonds. The minimum atomic E-state index is -3.52. The molecule has 4 rings (SSSR count). The van der Waals surface area contributed by atoms with Crippen LogP contribution in [0.3, 0.4) is 0 Å². The van der Waals surface area contributed by atoms with Crippen LogP contribution in [0.4, 0.5) is 5.69 Å². The van der Waals surface area contributed by atoms with Gasteiger partial charge in [0.2, 0.25) is 10.0 Å². The van der Waals surface area contributed by atoms with E-state index < -0.39 is 15.9 Å². The Morgan fingerprint density at radius 1 is 1.19 bits per heavy atom. The van der Waals surface area contributed by atoms with E-state index in [4.69, 9.17) is 16.3 Å². The lowest BCUT2D eigenvalue weighted by Gasteiger charge is -2.19. The first kappa shape index (κ1) is 21.6. The summed E-state index contributed by atoms with van der Waals surface area (Å²) in [6.45, 7) is 0.662. The number of benzene rings is 2. The van der Waals surface area contributed by atoms with Crippen molar-refractivity contribution in [3.8, 4) is 5.75 Å². The van der Waals surface area contributed by atoms with Crippen LogP contribution in [0.25, 0.3) is 0 Å². The number of carbonyl (C=O) groups is 1. The van der Waals surface area contributed by atoms with E-state index in [1.165, 1.54) is 15.6 Å². The summed E-state index contributed by atoms with van der Waals surface area (Å²) >= 11 is 7.15. The first-order chi connectivity index (χ1) is 14.9. The van der Waals surface area contributed by atoms with E-state index in [9.17, 15) is 13.2 Å². The molecule has 2 aromatic carbocycles. The summed E-state index contributed by atoms with van der Waals surface area (Å²) in [5.41, 5.74) is 1.98. The molecule has 2 heterocycles. The number of para-hydroxylation sites is 1. The van der Waals surface area contributed by atoms with Crippen molar-refractivity contribution >= 4 is 44.6 Å². The lowest BCUT2D eigenvalue weighted by molar-refractivity contribution is 0.0951. The van der Waals surface area contributed by atoms with Crippen molar-refractivity contribution in [2.75, 3.05) is 23.1 Å². The summed E-state index contributed by atoms with van der Waals surface area (Å²) in [7, 11) is -3.52. The highest BCUT2D eigenvalue weighted by molar-refractivity contribution is 7.92. The molecule has 0 saturated carbocycles. The van der Waals surface area contributed by atoms with Crippen molar-refractivity contribution in [3.05, 3.63) is 75.2 Å². The monoisotopic (exact) mass is 477 g/mol. The molecule has 0 saturated heterocycles. The summed E-state index contributed by atoms with van der Waals surface area (Å²) in [5.74, 6) is 0.0642. The number of anilines is 1. The van der Waals surface area contributed by atoms with Crippen LogP contribution in [0, 0.1) is 0 Å². The van der Waals surface area contributed by atoms with Gasteiger partial charge in [-0.25, -0.2) is 13.4 Å². The van der Waals surface area contributed by atoms with E-state index in [-0.39, 0.29) is 24.6 Å². The molecule has 31 heavy (non-hydrogen) atoms. The van der Waals surface area contributed by atoms with Gasteiger partial charge in [0.25, 0.3) is 5.91 Å². The van der Waals surface area contributed by atoms with Crippen LogP contribution >= 0.6 is 22.9 Å². The summed E-state index contributed by atoms with van der Waals surface area (Å²) in [6.07, 6.45) is 0.696. The molecule has 0 fully saturated rings. The quantitative estimate of drug-likeness (QED) is 0.536. The SMILES string of the molecule is O=C(NCCS(=O)(=O)N1CCc2ccccc21)c1csc(COc2ccc(Cl)cc2)n1. The highest BCUT2D eigenvalue weighted by Crippen LogP contribution is 2.29. The fourth-order valence-electron chi connectivity index (χ4n) is 3.25. The van der Waals surface area contributed by atoms with Crippen molar-refractivity contribution in [3.63, 3.8) is 0 Å². The van der Waals surface area contributed by atoms with E-state index >= 15 is 0 Å². The van der Waals surface area contributed by atoms with E-state index in [1.54, 1.807) is 35.7 Å². The number of hydrogen-bond donors (Lipinski definition) is 1. The summed E-state index contributed by atoms with van der Waals surface area (Å²) in [5, 5.41) is 5.53. The van der Waals surface area contributed by atoms with Crippen LogP contribution in [0.15, 0.2) is 53.9 Å². The molecule has 162 valence electrons. The van der Waals surface area contributed by atoms with Gasteiger partial charge in [-0.05, 0) is 42.3 Å². The second-order valence-electron chi connectivity index (χ2n) is 6.89. The Morgan fingerprint density at radius 2 is 1.97 bits per heavy atom. The molecular formula is C21H20ClN3O4S2. The van der Waals surface area contributed by atoms with Gasteiger partial charge in [0.15, 0.2) is 0 Å². The minimum absolute atomic E-state index is 0.00791. The highest BCUT2D eigenvalue weighted by atomic mass is 35.5. The predicted octanol–water partition coefficient (Wildman–Crippen LogP) is 3.50. The van der Waals surface area contributed by atoms with Gasteiger partial charge in [-0.15, -0.1) is 11.3 Å². The van der Waals surface area contributed by atoms with Gasteiger partial charge >= 0.3 is 0 Å². The highest BCUT2D eigenvalue weighted by Gasteiger charge is 2.28. The largest absolute Gasteiger partial charge is 0.486 e. The molecule has 0 spiro atoms. The van der Waals surface area contributed by atoms with Gasteiger partial charge in [0, 0.05) is 23.5 Å². The van der Waals surface area contributed by atoms with Gasteiger partial charge in [0.05, 0.1) is 11.4 Å². The number of nitrogens with one attached hydrogen (secondary N) is 1. The Balaban J connectivity index is 1.28. The van der Waals surface area contributed by atoms with Crippen LogP contribution in [-0.2, 0) is 23.1 Å². The number of halogens is 1. The fourth-order valence-corrected chi connectivity index (χ4v) is 5.49. The summed E-state index contributed by atoms with van der Waals surface area (Å²) in [6, 6.07) is 14.4. The third kappa shape index (κ3) is 5.17. The molecule has 0 bridgehead atoms. The molecular weight excluding hydrogens is 458 g/mol. The molecule has 1 aliphatic heterocycles. The van der Waals surface area contributed by atoms with E-state index in [1.807, 2.05) is 18.2 Å². The van der Waals surface area contributed by atoms with Crippen LogP contribution in [0.1, 0.15) is 21.1 Å². The minimum Gasteiger partial charge on any atom is -0.486 e. The number of aromatic nitrogens is 1. The lowest BCUT2D eigenvalue weighted by atomic mass is 10.2. The molecule has 0 aliphatic carbocycles. The number of nitrogens with zero attached hydrogens (tertiary/aromatic N) is 2. The van der Waals surface area contributed by atoms with Crippen LogP contribution < -0.4 is 14.4 Å². The van der Waals surface area contributed by atoms with Gasteiger partial charge in [-0.2, -0.15) is 0 Å². The summed E-state index contributed by atoms with van der Waals surface area (Å²) in [4.78, 5) is 16.6. The van der Waals surface area contributed by atoms with E-state index in [0.29, 0.717) is 28.7 Å². The molecule has 0 atom stereocenters. The molecule has 7 nitrogen and oxygen atoms in total. The molecule has 1 aromatic heterocycles. The lowest BCUT2D eigenvalue weighted by Crippen LogP contribution is -2.37. The second kappa shape index (κ2) is 9.25. The van der Waals surface area contributed by atoms with Crippen molar-refractivity contribution in [1.82, 2.24) is 10.3 Å². The third-order valence-electron chi connectivity index (χ3n) is 4.79. The van der Waals surface area contributed by atoms with Crippen molar-refractivity contribution in [2.45, 2.75) is 13.0 Å². The number of sulfonamides is 1. The Hall–Kier alpha value is -2.62. The Labute approximate surface area is 189 Å². The van der Waals surface area contributed by atoms with Crippen LogP contribution in [0.5, 0.6) is 5.75 Å². The number of hydrogen-bond acceptors (Lipinski definition) is 6. The summed E-state index contributed by atoms with van der Waals surface area (Å²) < 4.78 is 32.4. The van der Waals surface area contributed by atoms with Gasteiger partial charge in [-0.1, -0.05) is 29.8 Å². The van der Waals surface area contributed by atoms with E-state index in [2.05, 4.69) is 10.3 Å². The predicted molar refractivity (Wildman–Crippen MR) is 122 cm³/mol. The molecule has 1 aliphatic rings. The number of fused-ring (bicyclic) bond motifs is 1. The van der Waals surface area contributed by atoms with Gasteiger partial charge in [-0.3, -0.25) is 9.10 Å².